The van der Waals surface area contributed by atoms with Crippen molar-refractivity contribution in [3.05, 3.63) is 0 Å². The third-order valence-electron chi connectivity index (χ3n) is 2.67. The zero-order valence-electron chi connectivity index (χ0n) is 11.4. The second-order valence-corrected chi connectivity index (χ2v) is 4.11. The van der Waals surface area contributed by atoms with E-state index in [1.54, 1.807) is 25.8 Å². The summed E-state index contributed by atoms with van der Waals surface area (Å²) < 4.78 is 4.60. The molecule has 7 nitrogen and oxygen atoms in total. The van der Waals surface area contributed by atoms with Gasteiger partial charge in [0.2, 0.25) is 5.91 Å². The summed E-state index contributed by atoms with van der Waals surface area (Å²) >= 11 is 0. The number of nitrogens with zero attached hydrogens (tertiary/aromatic N) is 1. The van der Waals surface area contributed by atoms with Crippen molar-refractivity contribution in [3.8, 4) is 0 Å². The molecule has 2 atom stereocenters. The number of ether oxygens (including phenoxy) is 1. The molecule has 7 heteroatoms. The second kappa shape index (κ2) is 7.65. The predicted molar refractivity (Wildman–Crippen MR) is 65.9 cm³/mol. The fourth-order valence-electron chi connectivity index (χ4n) is 1.34. The van der Waals surface area contributed by atoms with Crippen molar-refractivity contribution < 1.29 is 19.1 Å². The maximum Gasteiger partial charge on any atom is 0.321 e. The predicted octanol–water partition coefficient (Wildman–Crippen LogP) is -0.429. The summed E-state index contributed by atoms with van der Waals surface area (Å²) in [7, 11) is 4.45. The van der Waals surface area contributed by atoms with Crippen LogP contribution in [0.4, 0.5) is 4.79 Å². The van der Waals surface area contributed by atoms with Gasteiger partial charge in [-0.05, 0) is 14.0 Å². The van der Waals surface area contributed by atoms with Crippen LogP contribution in [0, 0.1) is 5.92 Å². The minimum Gasteiger partial charge on any atom is -0.469 e. The molecule has 0 radical (unpaired) electrons. The van der Waals surface area contributed by atoms with Crippen LogP contribution < -0.4 is 10.6 Å². The Labute approximate surface area is 107 Å². The van der Waals surface area contributed by atoms with Gasteiger partial charge in [-0.25, -0.2) is 4.79 Å². The third kappa shape index (κ3) is 5.13. The van der Waals surface area contributed by atoms with Gasteiger partial charge in [-0.3, -0.25) is 19.8 Å². The maximum atomic E-state index is 11.6. The molecule has 0 rings (SSSR count). The lowest BCUT2D eigenvalue weighted by molar-refractivity contribution is -0.146. The number of methoxy groups -OCH3 is 1. The topological polar surface area (TPSA) is 87.7 Å². The number of carbonyl (C=O) groups is 3. The number of amides is 3. The van der Waals surface area contributed by atoms with Crippen molar-refractivity contribution in [2.75, 3.05) is 27.7 Å². The van der Waals surface area contributed by atoms with E-state index in [4.69, 9.17) is 0 Å². The molecule has 104 valence electrons. The van der Waals surface area contributed by atoms with Gasteiger partial charge in [0.15, 0.2) is 0 Å². The number of esters is 1. The molecule has 18 heavy (non-hydrogen) atoms. The molecule has 0 aliphatic carbocycles. The summed E-state index contributed by atoms with van der Waals surface area (Å²) in [5.74, 6) is -1.09. The molecule has 0 aromatic carbocycles. The smallest absolute Gasteiger partial charge is 0.321 e. The molecule has 2 unspecified atom stereocenters. The SMILES string of the molecule is CNC(=O)NC(=O)C(C)N(C)CC(C)C(=O)OC. The molecule has 0 aliphatic rings. The quantitative estimate of drug-likeness (QED) is 0.654. The standard InChI is InChI=1S/C11H21N3O4/c1-7(10(16)18-5)6-14(4)8(2)9(15)13-11(17)12-3/h7-8H,6H2,1-5H3,(H2,12,13,15,17). The Balaban J connectivity index is 4.33. The zero-order valence-corrected chi connectivity index (χ0v) is 11.4. The van der Waals surface area contributed by atoms with Gasteiger partial charge in [0.25, 0.3) is 0 Å². The lowest BCUT2D eigenvalue weighted by atomic mass is 10.1. The number of urea groups is 1. The molecule has 3 amide bonds. The van der Waals surface area contributed by atoms with Crippen molar-refractivity contribution >= 4 is 17.9 Å². The van der Waals surface area contributed by atoms with Gasteiger partial charge < -0.3 is 10.1 Å². The van der Waals surface area contributed by atoms with Crippen molar-refractivity contribution in [1.29, 1.82) is 0 Å². The highest BCUT2D eigenvalue weighted by atomic mass is 16.5. The zero-order chi connectivity index (χ0) is 14.3. The molecule has 0 aromatic rings. The van der Waals surface area contributed by atoms with E-state index in [2.05, 4.69) is 15.4 Å². The van der Waals surface area contributed by atoms with Crippen LogP contribution in [-0.2, 0) is 14.3 Å². The van der Waals surface area contributed by atoms with E-state index in [-0.39, 0.29) is 11.9 Å². The number of imide groups is 1. The van der Waals surface area contributed by atoms with Gasteiger partial charge in [0, 0.05) is 13.6 Å². The van der Waals surface area contributed by atoms with Crippen LogP contribution >= 0.6 is 0 Å². The van der Waals surface area contributed by atoms with Crippen LogP contribution in [0.1, 0.15) is 13.8 Å². The molecule has 0 aliphatic heterocycles. The van der Waals surface area contributed by atoms with E-state index in [1.165, 1.54) is 14.2 Å². The highest BCUT2D eigenvalue weighted by Gasteiger charge is 2.23. The van der Waals surface area contributed by atoms with E-state index in [1.807, 2.05) is 0 Å². The van der Waals surface area contributed by atoms with Gasteiger partial charge in [-0.1, -0.05) is 6.92 Å². The first-order valence-electron chi connectivity index (χ1n) is 5.64. The fourth-order valence-corrected chi connectivity index (χ4v) is 1.34. The highest BCUT2D eigenvalue weighted by Crippen LogP contribution is 2.04. The number of rotatable bonds is 5. The Bertz CT molecular complexity index is 319. The summed E-state index contributed by atoms with van der Waals surface area (Å²) in [4.78, 5) is 35.6. The highest BCUT2D eigenvalue weighted by molar-refractivity contribution is 5.96. The normalized spacial score (nSPS) is 13.7. The Morgan fingerprint density at radius 1 is 1.28 bits per heavy atom. The summed E-state index contributed by atoms with van der Waals surface area (Å²) in [6, 6.07) is -1.07. The minimum atomic E-state index is -0.554. The molecular formula is C11H21N3O4. The van der Waals surface area contributed by atoms with Crippen molar-refractivity contribution in [3.63, 3.8) is 0 Å². The Hall–Kier alpha value is -1.63. The van der Waals surface area contributed by atoms with Crippen LogP contribution in [0.15, 0.2) is 0 Å². The Kier molecular flexibility index (Phi) is 6.96. The van der Waals surface area contributed by atoms with Crippen LogP contribution in [-0.4, -0.2) is 56.6 Å². The van der Waals surface area contributed by atoms with Crippen molar-refractivity contribution in [1.82, 2.24) is 15.5 Å². The largest absolute Gasteiger partial charge is 0.469 e. The summed E-state index contributed by atoms with van der Waals surface area (Å²) in [5, 5.41) is 4.47. The number of hydrogen-bond acceptors (Lipinski definition) is 5. The van der Waals surface area contributed by atoms with Crippen LogP contribution in [0.2, 0.25) is 0 Å². The first kappa shape index (κ1) is 16.4. The fraction of sp³-hybridized carbons (Fsp3) is 0.727. The first-order chi connectivity index (χ1) is 8.33. The summed E-state index contributed by atoms with van der Waals surface area (Å²) in [5.41, 5.74) is 0. The van der Waals surface area contributed by atoms with Gasteiger partial charge in [-0.15, -0.1) is 0 Å². The van der Waals surface area contributed by atoms with E-state index in [0.717, 1.165) is 0 Å². The van der Waals surface area contributed by atoms with Gasteiger partial charge in [0.1, 0.15) is 0 Å². The van der Waals surface area contributed by atoms with Gasteiger partial charge in [0.05, 0.1) is 19.1 Å². The molecular weight excluding hydrogens is 238 g/mol. The number of nitrogens with one attached hydrogen (secondary N) is 2. The lowest BCUT2D eigenvalue weighted by Gasteiger charge is -2.25. The average molecular weight is 259 g/mol. The molecule has 0 saturated carbocycles. The monoisotopic (exact) mass is 259 g/mol. The van der Waals surface area contributed by atoms with Gasteiger partial charge >= 0.3 is 12.0 Å². The molecule has 0 spiro atoms. The third-order valence-corrected chi connectivity index (χ3v) is 2.67. The second-order valence-electron chi connectivity index (χ2n) is 4.11. The van der Waals surface area contributed by atoms with E-state index >= 15 is 0 Å². The molecule has 2 N–H and O–H groups in total. The number of likely N-dealkylation sites (N-methyl/N-ethyl adjacent to an activating group) is 1. The molecule has 0 aromatic heterocycles. The maximum absolute atomic E-state index is 11.6. The van der Waals surface area contributed by atoms with Crippen molar-refractivity contribution in [2.24, 2.45) is 5.92 Å². The Morgan fingerprint density at radius 3 is 2.28 bits per heavy atom. The average Bonchev–Trinajstić information content (AvgIpc) is 2.35. The van der Waals surface area contributed by atoms with E-state index in [0.29, 0.717) is 6.54 Å². The lowest BCUT2D eigenvalue weighted by Crippen LogP contribution is -2.49. The van der Waals surface area contributed by atoms with Crippen LogP contribution in [0.25, 0.3) is 0 Å². The molecule has 0 saturated heterocycles. The molecule has 0 heterocycles. The summed E-state index contributed by atoms with van der Waals surface area (Å²) in [6.07, 6.45) is 0. The first-order valence-corrected chi connectivity index (χ1v) is 5.64. The van der Waals surface area contributed by atoms with E-state index in [9.17, 15) is 14.4 Å². The molecule has 0 bridgehead atoms. The molecule has 0 fully saturated rings. The number of carbonyl (C=O) groups excluding carboxylic acids is 3. The van der Waals surface area contributed by atoms with Crippen LogP contribution in [0.5, 0.6) is 0 Å². The van der Waals surface area contributed by atoms with Gasteiger partial charge in [-0.2, -0.15) is 0 Å². The Morgan fingerprint density at radius 2 is 1.83 bits per heavy atom. The van der Waals surface area contributed by atoms with E-state index < -0.39 is 18.0 Å². The summed E-state index contributed by atoms with van der Waals surface area (Å²) in [6.45, 7) is 3.74. The minimum absolute atomic E-state index is 0.333. The van der Waals surface area contributed by atoms with Crippen molar-refractivity contribution in [2.45, 2.75) is 19.9 Å². The van der Waals surface area contributed by atoms with Crippen LogP contribution in [0.3, 0.4) is 0 Å². The number of hydrogen-bond donors (Lipinski definition) is 2.